The number of aliphatic hydroxyl groups is 1. The number of hydrogen-bond donors (Lipinski definition) is 1. The van der Waals surface area contributed by atoms with Gasteiger partial charge in [0.25, 0.3) is 0 Å². The van der Waals surface area contributed by atoms with Gasteiger partial charge in [-0.25, -0.2) is 8.78 Å². The highest BCUT2D eigenvalue weighted by Crippen LogP contribution is 2.14. The average Bonchev–Trinajstić information content (AvgIpc) is 2.34. The second-order valence-electron chi connectivity index (χ2n) is 4.28. The van der Waals surface area contributed by atoms with Crippen LogP contribution < -0.4 is 0 Å². The van der Waals surface area contributed by atoms with Crippen LogP contribution in [0.3, 0.4) is 0 Å². The molecule has 0 aliphatic rings. The first-order valence-electron chi connectivity index (χ1n) is 5.81. The summed E-state index contributed by atoms with van der Waals surface area (Å²) < 4.78 is 26.1. The Labute approximate surface area is 105 Å². The average molecular weight is 248 g/mol. The van der Waals surface area contributed by atoms with Crippen molar-refractivity contribution in [1.29, 1.82) is 0 Å². The van der Waals surface area contributed by atoms with Crippen molar-refractivity contribution in [2.45, 2.75) is 18.9 Å². The fourth-order valence-electron chi connectivity index (χ4n) is 1.90. The van der Waals surface area contributed by atoms with Crippen molar-refractivity contribution in [2.75, 3.05) is 0 Å². The van der Waals surface area contributed by atoms with Gasteiger partial charge in [0, 0.05) is 12.5 Å². The monoisotopic (exact) mass is 248 g/mol. The molecule has 0 saturated carbocycles. The van der Waals surface area contributed by atoms with Crippen LogP contribution in [0.2, 0.25) is 0 Å². The van der Waals surface area contributed by atoms with E-state index >= 15 is 0 Å². The maximum absolute atomic E-state index is 13.4. The summed E-state index contributed by atoms with van der Waals surface area (Å²) in [6.45, 7) is 0. The molecular formula is C15H14F2O. The summed E-state index contributed by atoms with van der Waals surface area (Å²) in [6.07, 6.45) is -0.0362. The quantitative estimate of drug-likeness (QED) is 0.881. The van der Waals surface area contributed by atoms with Crippen molar-refractivity contribution in [3.8, 4) is 0 Å². The van der Waals surface area contributed by atoms with Gasteiger partial charge in [-0.05, 0) is 23.6 Å². The predicted molar refractivity (Wildman–Crippen MR) is 66.2 cm³/mol. The molecule has 2 rings (SSSR count). The molecule has 0 saturated heterocycles. The minimum absolute atomic E-state index is 0.182. The van der Waals surface area contributed by atoms with Crippen LogP contribution in [0, 0.1) is 11.6 Å². The van der Waals surface area contributed by atoms with Gasteiger partial charge in [-0.3, -0.25) is 0 Å². The Kier molecular flexibility index (Phi) is 4.05. The molecule has 2 aromatic rings. The third-order valence-corrected chi connectivity index (χ3v) is 2.78. The lowest BCUT2D eigenvalue weighted by Crippen LogP contribution is -2.14. The Bertz CT molecular complexity index is 511. The molecule has 0 aromatic heterocycles. The van der Waals surface area contributed by atoms with Crippen molar-refractivity contribution in [3.05, 3.63) is 71.3 Å². The lowest BCUT2D eigenvalue weighted by molar-refractivity contribution is 0.174. The van der Waals surface area contributed by atoms with E-state index in [0.717, 1.165) is 11.6 Å². The molecule has 0 amide bonds. The zero-order chi connectivity index (χ0) is 13.0. The van der Waals surface area contributed by atoms with E-state index in [2.05, 4.69) is 0 Å². The number of halogens is 2. The van der Waals surface area contributed by atoms with E-state index in [1.807, 2.05) is 30.3 Å². The number of aliphatic hydroxyl groups excluding tert-OH is 1. The lowest BCUT2D eigenvalue weighted by Gasteiger charge is -2.11. The van der Waals surface area contributed by atoms with Crippen LogP contribution in [0.4, 0.5) is 8.78 Å². The van der Waals surface area contributed by atoms with Crippen LogP contribution >= 0.6 is 0 Å². The van der Waals surface area contributed by atoms with Gasteiger partial charge in [0.05, 0.1) is 6.10 Å². The second kappa shape index (κ2) is 5.74. The van der Waals surface area contributed by atoms with Crippen molar-refractivity contribution < 1.29 is 13.9 Å². The molecule has 94 valence electrons. The Morgan fingerprint density at radius 3 is 2.33 bits per heavy atom. The topological polar surface area (TPSA) is 20.2 Å². The zero-order valence-electron chi connectivity index (χ0n) is 9.81. The molecule has 0 fully saturated rings. The first kappa shape index (κ1) is 12.7. The van der Waals surface area contributed by atoms with Gasteiger partial charge in [-0.1, -0.05) is 36.4 Å². The fraction of sp³-hybridized carbons (Fsp3) is 0.200. The Morgan fingerprint density at radius 1 is 0.944 bits per heavy atom. The molecule has 0 spiro atoms. The van der Waals surface area contributed by atoms with E-state index in [-0.39, 0.29) is 6.42 Å². The first-order valence-corrected chi connectivity index (χ1v) is 5.81. The third kappa shape index (κ3) is 3.37. The standard InChI is InChI=1S/C15H14F2O/c16-13-7-6-12(15(17)10-13)9-14(18)8-11-4-2-1-3-5-11/h1-7,10,14,18H,8-9H2. The summed E-state index contributed by atoms with van der Waals surface area (Å²) in [4.78, 5) is 0. The number of hydrogen-bond acceptors (Lipinski definition) is 1. The molecule has 2 aromatic carbocycles. The molecular weight excluding hydrogens is 234 g/mol. The Balaban J connectivity index is 2.01. The molecule has 1 nitrogen and oxygen atoms in total. The maximum atomic E-state index is 13.4. The van der Waals surface area contributed by atoms with E-state index in [1.165, 1.54) is 12.1 Å². The van der Waals surface area contributed by atoms with Crippen LogP contribution in [0.5, 0.6) is 0 Å². The summed E-state index contributed by atoms with van der Waals surface area (Å²) >= 11 is 0. The summed E-state index contributed by atoms with van der Waals surface area (Å²) in [5.74, 6) is -1.21. The van der Waals surface area contributed by atoms with Crippen molar-refractivity contribution >= 4 is 0 Å². The van der Waals surface area contributed by atoms with Gasteiger partial charge < -0.3 is 5.11 Å². The number of benzene rings is 2. The van der Waals surface area contributed by atoms with Gasteiger partial charge in [0.15, 0.2) is 0 Å². The van der Waals surface area contributed by atoms with Crippen LogP contribution in [0.25, 0.3) is 0 Å². The molecule has 0 aliphatic carbocycles. The fourth-order valence-corrected chi connectivity index (χ4v) is 1.90. The largest absolute Gasteiger partial charge is 0.392 e. The predicted octanol–water partition coefficient (Wildman–Crippen LogP) is 3.11. The van der Waals surface area contributed by atoms with Crippen LogP contribution in [0.15, 0.2) is 48.5 Å². The van der Waals surface area contributed by atoms with Crippen LogP contribution in [0.1, 0.15) is 11.1 Å². The molecule has 1 N–H and O–H groups in total. The minimum atomic E-state index is -0.674. The molecule has 0 bridgehead atoms. The Hall–Kier alpha value is -1.74. The SMILES string of the molecule is OC(Cc1ccccc1)Cc1ccc(F)cc1F. The molecule has 1 atom stereocenters. The van der Waals surface area contributed by atoms with E-state index in [9.17, 15) is 13.9 Å². The molecule has 0 heterocycles. The lowest BCUT2D eigenvalue weighted by atomic mass is 10.0. The zero-order valence-corrected chi connectivity index (χ0v) is 9.81. The summed E-state index contributed by atoms with van der Waals surface area (Å²) in [6, 6.07) is 12.9. The summed E-state index contributed by atoms with van der Waals surface area (Å²) in [7, 11) is 0. The molecule has 1 unspecified atom stereocenters. The summed E-state index contributed by atoms with van der Waals surface area (Å²) in [5, 5.41) is 9.89. The van der Waals surface area contributed by atoms with Gasteiger partial charge >= 0.3 is 0 Å². The third-order valence-electron chi connectivity index (χ3n) is 2.78. The minimum Gasteiger partial charge on any atom is -0.392 e. The van der Waals surface area contributed by atoms with Crippen molar-refractivity contribution in [3.63, 3.8) is 0 Å². The van der Waals surface area contributed by atoms with Crippen LogP contribution in [-0.4, -0.2) is 11.2 Å². The normalized spacial score (nSPS) is 12.4. The van der Waals surface area contributed by atoms with E-state index in [0.29, 0.717) is 12.0 Å². The van der Waals surface area contributed by atoms with Gasteiger partial charge in [0.2, 0.25) is 0 Å². The first-order chi connectivity index (χ1) is 8.65. The molecule has 3 heteroatoms. The highest BCUT2D eigenvalue weighted by molar-refractivity contribution is 5.21. The van der Waals surface area contributed by atoms with Crippen LogP contribution in [-0.2, 0) is 12.8 Å². The van der Waals surface area contributed by atoms with E-state index < -0.39 is 17.7 Å². The van der Waals surface area contributed by atoms with Gasteiger partial charge in [-0.15, -0.1) is 0 Å². The van der Waals surface area contributed by atoms with E-state index in [4.69, 9.17) is 0 Å². The smallest absolute Gasteiger partial charge is 0.129 e. The van der Waals surface area contributed by atoms with Crippen molar-refractivity contribution in [1.82, 2.24) is 0 Å². The number of rotatable bonds is 4. The maximum Gasteiger partial charge on any atom is 0.129 e. The molecule has 0 aliphatic heterocycles. The van der Waals surface area contributed by atoms with Gasteiger partial charge in [0.1, 0.15) is 11.6 Å². The Morgan fingerprint density at radius 2 is 1.67 bits per heavy atom. The van der Waals surface area contributed by atoms with Gasteiger partial charge in [-0.2, -0.15) is 0 Å². The highest BCUT2D eigenvalue weighted by atomic mass is 19.1. The second-order valence-corrected chi connectivity index (χ2v) is 4.28. The molecule has 18 heavy (non-hydrogen) atoms. The van der Waals surface area contributed by atoms with E-state index in [1.54, 1.807) is 0 Å². The molecule has 0 radical (unpaired) electrons. The summed E-state index contributed by atoms with van der Waals surface area (Å²) in [5.41, 5.74) is 1.33. The highest BCUT2D eigenvalue weighted by Gasteiger charge is 2.10. The van der Waals surface area contributed by atoms with Crippen molar-refractivity contribution in [2.24, 2.45) is 0 Å².